The molecule has 3 heterocycles. The number of hydrogen-bond acceptors (Lipinski definition) is 6. The van der Waals surface area contributed by atoms with Crippen LogP contribution in [0.4, 0.5) is 5.69 Å². The van der Waals surface area contributed by atoms with Crippen molar-refractivity contribution in [2.75, 3.05) is 5.32 Å². The number of carbonyl (C=O) groups is 1. The van der Waals surface area contributed by atoms with Crippen LogP contribution in [0, 0.1) is 6.92 Å². The minimum absolute atomic E-state index is 0.0631. The second-order valence-electron chi connectivity index (χ2n) is 5.85. The Labute approximate surface area is 156 Å². The standard InChI is InChI=1S/C18H14N4O4S/c1-10-20-14-7-11(4-5-15(14)27-10)21-16(23)13-8-19-18(25)22(17(13)24)9-12-3-2-6-26-12/h2-8H,9H2,1H3,(H,19,25)(H,21,23). The number of nitrogens with one attached hydrogen (secondary N) is 2. The SMILES string of the molecule is Cc1nc2cc(NC(=O)c3c[nH]c(=O)n(Cc4ccco4)c3=O)ccc2s1. The second-order valence-corrected chi connectivity index (χ2v) is 7.08. The molecule has 8 nitrogen and oxygen atoms in total. The summed E-state index contributed by atoms with van der Waals surface area (Å²) >= 11 is 1.56. The summed E-state index contributed by atoms with van der Waals surface area (Å²) in [5.41, 5.74) is -0.200. The molecular weight excluding hydrogens is 368 g/mol. The molecule has 0 aliphatic rings. The van der Waals surface area contributed by atoms with Crippen molar-refractivity contribution in [3.63, 3.8) is 0 Å². The van der Waals surface area contributed by atoms with Gasteiger partial charge in [0.25, 0.3) is 11.5 Å². The van der Waals surface area contributed by atoms with Gasteiger partial charge in [-0.2, -0.15) is 0 Å². The number of anilines is 1. The Morgan fingerprint density at radius 2 is 2.19 bits per heavy atom. The molecule has 9 heteroatoms. The highest BCUT2D eigenvalue weighted by Gasteiger charge is 2.16. The lowest BCUT2D eigenvalue weighted by Gasteiger charge is -2.07. The molecule has 1 amide bonds. The molecule has 0 fully saturated rings. The van der Waals surface area contributed by atoms with Crippen molar-refractivity contribution in [2.24, 2.45) is 0 Å². The van der Waals surface area contributed by atoms with Gasteiger partial charge < -0.3 is 14.7 Å². The van der Waals surface area contributed by atoms with Crippen LogP contribution in [0.1, 0.15) is 21.1 Å². The van der Waals surface area contributed by atoms with Crippen LogP contribution in [0.2, 0.25) is 0 Å². The third kappa shape index (κ3) is 3.32. The van der Waals surface area contributed by atoms with E-state index in [1.807, 2.05) is 13.0 Å². The number of H-pyrrole nitrogens is 1. The number of fused-ring (bicyclic) bond motifs is 1. The van der Waals surface area contributed by atoms with Crippen molar-refractivity contribution in [3.8, 4) is 0 Å². The zero-order chi connectivity index (χ0) is 19.0. The first kappa shape index (κ1) is 17.0. The van der Waals surface area contributed by atoms with Gasteiger partial charge in [-0.25, -0.2) is 9.78 Å². The second kappa shape index (κ2) is 6.69. The van der Waals surface area contributed by atoms with E-state index in [9.17, 15) is 14.4 Å². The number of benzene rings is 1. The van der Waals surface area contributed by atoms with Crippen LogP contribution in [0.25, 0.3) is 10.2 Å². The van der Waals surface area contributed by atoms with Crippen LogP contribution in [0.5, 0.6) is 0 Å². The number of nitrogens with zero attached hydrogens (tertiary/aromatic N) is 2. The van der Waals surface area contributed by atoms with E-state index >= 15 is 0 Å². The van der Waals surface area contributed by atoms with Gasteiger partial charge in [-0.3, -0.25) is 14.2 Å². The Bertz CT molecular complexity index is 1250. The molecule has 0 saturated heterocycles. The van der Waals surface area contributed by atoms with E-state index in [0.29, 0.717) is 11.4 Å². The minimum atomic E-state index is -0.696. The molecular formula is C18H14N4O4S. The zero-order valence-corrected chi connectivity index (χ0v) is 15.0. The molecule has 27 heavy (non-hydrogen) atoms. The summed E-state index contributed by atoms with van der Waals surface area (Å²) in [6.45, 7) is 1.84. The van der Waals surface area contributed by atoms with E-state index in [1.54, 1.807) is 35.6 Å². The largest absolute Gasteiger partial charge is 0.467 e. The number of hydrogen-bond donors (Lipinski definition) is 2. The van der Waals surface area contributed by atoms with Crippen LogP contribution in [-0.2, 0) is 6.54 Å². The summed E-state index contributed by atoms with van der Waals surface area (Å²) in [6, 6.07) is 8.64. The van der Waals surface area contributed by atoms with E-state index in [2.05, 4.69) is 15.3 Å². The van der Waals surface area contributed by atoms with E-state index in [-0.39, 0.29) is 12.1 Å². The summed E-state index contributed by atoms with van der Waals surface area (Å²) in [5.74, 6) is -0.180. The van der Waals surface area contributed by atoms with Gasteiger partial charge in [0.05, 0.1) is 28.0 Å². The normalized spacial score (nSPS) is 11.0. The number of furan rings is 1. The van der Waals surface area contributed by atoms with Gasteiger partial charge in [0, 0.05) is 11.9 Å². The van der Waals surface area contributed by atoms with Crippen molar-refractivity contribution in [3.05, 3.63) is 80.0 Å². The molecule has 136 valence electrons. The van der Waals surface area contributed by atoms with Crippen LogP contribution in [-0.4, -0.2) is 20.4 Å². The van der Waals surface area contributed by atoms with Gasteiger partial charge in [0.1, 0.15) is 11.3 Å². The van der Waals surface area contributed by atoms with Crippen molar-refractivity contribution < 1.29 is 9.21 Å². The predicted molar refractivity (Wildman–Crippen MR) is 101 cm³/mol. The van der Waals surface area contributed by atoms with Gasteiger partial charge >= 0.3 is 5.69 Å². The van der Waals surface area contributed by atoms with Gasteiger partial charge in [-0.05, 0) is 37.3 Å². The molecule has 0 unspecified atom stereocenters. The molecule has 4 aromatic rings. The van der Waals surface area contributed by atoms with Gasteiger partial charge in [-0.15, -0.1) is 11.3 Å². The maximum Gasteiger partial charge on any atom is 0.328 e. The average molecular weight is 382 g/mol. The third-order valence-electron chi connectivity index (χ3n) is 3.95. The molecule has 0 radical (unpaired) electrons. The van der Waals surface area contributed by atoms with Crippen LogP contribution >= 0.6 is 11.3 Å². The van der Waals surface area contributed by atoms with Crippen molar-refractivity contribution in [2.45, 2.75) is 13.5 Å². The van der Waals surface area contributed by atoms with Crippen molar-refractivity contribution >= 4 is 33.1 Å². The molecule has 0 saturated carbocycles. The quantitative estimate of drug-likeness (QED) is 0.563. The smallest absolute Gasteiger partial charge is 0.328 e. The first-order chi connectivity index (χ1) is 13.0. The number of aromatic amines is 1. The summed E-state index contributed by atoms with van der Waals surface area (Å²) in [4.78, 5) is 43.9. The highest BCUT2D eigenvalue weighted by Crippen LogP contribution is 2.24. The van der Waals surface area contributed by atoms with Crippen molar-refractivity contribution in [1.29, 1.82) is 0 Å². The van der Waals surface area contributed by atoms with Crippen LogP contribution < -0.4 is 16.6 Å². The zero-order valence-electron chi connectivity index (χ0n) is 14.2. The Balaban J connectivity index is 1.64. The summed E-state index contributed by atoms with van der Waals surface area (Å²) in [7, 11) is 0. The Kier molecular flexibility index (Phi) is 4.21. The van der Waals surface area contributed by atoms with Gasteiger partial charge in [0.2, 0.25) is 0 Å². The van der Waals surface area contributed by atoms with Crippen molar-refractivity contribution in [1.82, 2.24) is 14.5 Å². The fraction of sp³-hybridized carbons (Fsp3) is 0.111. The van der Waals surface area contributed by atoms with Crippen LogP contribution in [0.3, 0.4) is 0 Å². The maximum atomic E-state index is 12.6. The first-order valence-electron chi connectivity index (χ1n) is 8.05. The predicted octanol–water partition coefficient (Wildman–Crippen LogP) is 2.35. The number of amides is 1. The van der Waals surface area contributed by atoms with Gasteiger partial charge in [-0.1, -0.05) is 0 Å². The Morgan fingerprint density at radius 1 is 1.33 bits per heavy atom. The molecule has 1 aromatic carbocycles. The summed E-state index contributed by atoms with van der Waals surface area (Å²) in [6.07, 6.45) is 2.56. The van der Waals surface area contributed by atoms with Gasteiger partial charge in [0.15, 0.2) is 0 Å². The molecule has 0 aliphatic heterocycles. The fourth-order valence-electron chi connectivity index (χ4n) is 2.69. The van der Waals surface area contributed by atoms with E-state index in [1.165, 1.54) is 6.26 Å². The lowest BCUT2D eigenvalue weighted by Crippen LogP contribution is -2.39. The van der Waals surface area contributed by atoms with E-state index < -0.39 is 17.2 Å². The number of aryl methyl sites for hydroxylation is 1. The molecule has 3 aromatic heterocycles. The Morgan fingerprint density at radius 3 is 2.96 bits per heavy atom. The highest BCUT2D eigenvalue weighted by atomic mass is 32.1. The highest BCUT2D eigenvalue weighted by molar-refractivity contribution is 7.18. The summed E-state index contributed by atoms with van der Waals surface area (Å²) < 4.78 is 7.09. The maximum absolute atomic E-state index is 12.6. The van der Waals surface area contributed by atoms with Crippen LogP contribution in [0.15, 0.2) is 56.8 Å². The average Bonchev–Trinajstić information content (AvgIpc) is 3.26. The molecule has 0 atom stereocenters. The number of rotatable bonds is 4. The fourth-order valence-corrected chi connectivity index (χ4v) is 3.50. The number of aromatic nitrogens is 3. The topological polar surface area (TPSA) is 110 Å². The monoisotopic (exact) mass is 382 g/mol. The summed E-state index contributed by atoms with van der Waals surface area (Å²) in [5, 5.41) is 3.60. The molecule has 0 spiro atoms. The van der Waals surface area contributed by atoms with E-state index in [4.69, 9.17) is 4.42 Å². The minimum Gasteiger partial charge on any atom is -0.467 e. The molecule has 0 bridgehead atoms. The first-order valence-corrected chi connectivity index (χ1v) is 8.86. The Hall–Kier alpha value is -3.46. The molecule has 0 aliphatic carbocycles. The molecule has 2 N–H and O–H groups in total. The molecule has 4 rings (SSSR count). The lowest BCUT2D eigenvalue weighted by atomic mass is 10.2. The third-order valence-corrected chi connectivity index (χ3v) is 4.90. The number of thiazole rings is 1. The number of carbonyl (C=O) groups excluding carboxylic acids is 1. The lowest BCUT2D eigenvalue weighted by molar-refractivity contribution is 0.102. The van der Waals surface area contributed by atoms with E-state index in [0.717, 1.165) is 26.0 Å².